The van der Waals surface area contributed by atoms with E-state index in [2.05, 4.69) is 41.5 Å². The van der Waals surface area contributed by atoms with Gasteiger partial charge in [0, 0.05) is 0 Å². The maximum absolute atomic E-state index is 2.32. The van der Waals surface area contributed by atoms with Gasteiger partial charge in [-0.05, 0) is 42.7 Å². The van der Waals surface area contributed by atoms with Gasteiger partial charge >= 0.3 is 0 Å². The Morgan fingerprint density at radius 2 is 1.64 bits per heavy atom. The van der Waals surface area contributed by atoms with Crippen LogP contribution in [0.3, 0.4) is 0 Å². The lowest BCUT2D eigenvalue weighted by Gasteiger charge is -2.15. The van der Waals surface area contributed by atoms with Crippen molar-refractivity contribution in [3.8, 4) is 0 Å². The minimum atomic E-state index is 0.691. The van der Waals surface area contributed by atoms with Gasteiger partial charge in [0.15, 0.2) is 0 Å². The third-order valence-corrected chi connectivity index (χ3v) is 3.39. The van der Waals surface area contributed by atoms with E-state index < -0.39 is 0 Å². The maximum Gasteiger partial charge on any atom is -0.00941 e. The molecular weight excluding hydrogens is 168 g/mol. The van der Waals surface area contributed by atoms with Crippen LogP contribution in [-0.2, 0) is 0 Å². The van der Waals surface area contributed by atoms with Crippen molar-refractivity contribution >= 4 is 0 Å². The molecule has 0 aromatic carbocycles. The van der Waals surface area contributed by atoms with Crippen LogP contribution in [-0.4, -0.2) is 0 Å². The molecule has 14 heavy (non-hydrogen) atoms. The molecular formula is C14H24. The van der Waals surface area contributed by atoms with Crippen molar-refractivity contribution in [1.29, 1.82) is 0 Å². The Hall–Kier alpha value is -0.520. The van der Waals surface area contributed by atoms with Crippen molar-refractivity contribution in [1.82, 2.24) is 0 Å². The van der Waals surface area contributed by atoms with E-state index in [1.54, 1.807) is 22.3 Å². The molecule has 0 aromatic heterocycles. The van der Waals surface area contributed by atoms with Gasteiger partial charge in [-0.3, -0.25) is 0 Å². The predicted molar refractivity (Wildman–Crippen MR) is 64.3 cm³/mol. The van der Waals surface area contributed by atoms with Crippen LogP contribution in [0.4, 0.5) is 0 Å². The Balaban J connectivity index is 3.07. The van der Waals surface area contributed by atoms with Crippen molar-refractivity contribution in [2.75, 3.05) is 0 Å². The maximum atomic E-state index is 2.32. The van der Waals surface area contributed by atoms with Gasteiger partial charge in [0.05, 0.1) is 0 Å². The molecule has 1 aliphatic rings. The molecule has 0 nitrogen and oxygen atoms in total. The molecule has 0 fully saturated rings. The third-order valence-electron chi connectivity index (χ3n) is 3.39. The highest BCUT2D eigenvalue weighted by molar-refractivity contribution is 5.47. The van der Waals surface area contributed by atoms with Crippen molar-refractivity contribution in [2.45, 2.75) is 54.4 Å². The molecule has 0 unspecified atom stereocenters. The second kappa shape index (κ2) is 4.33. The van der Waals surface area contributed by atoms with Crippen molar-refractivity contribution < 1.29 is 0 Å². The summed E-state index contributed by atoms with van der Waals surface area (Å²) in [6.45, 7) is 13.9. The molecule has 0 amide bonds. The smallest absolute Gasteiger partial charge is 0.00941 e. The lowest BCUT2D eigenvalue weighted by atomic mass is 9.90. The molecule has 0 spiro atoms. The summed E-state index contributed by atoms with van der Waals surface area (Å²) in [6, 6.07) is 0. The van der Waals surface area contributed by atoms with Crippen molar-refractivity contribution in [3.05, 3.63) is 22.3 Å². The lowest BCUT2D eigenvalue weighted by molar-refractivity contribution is 0.694. The van der Waals surface area contributed by atoms with E-state index in [0.717, 1.165) is 0 Å². The summed E-state index contributed by atoms with van der Waals surface area (Å²) in [4.78, 5) is 0. The number of hydrogen-bond acceptors (Lipinski definition) is 0. The van der Waals surface area contributed by atoms with Gasteiger partial charge in [-0.1, -0.05) is 45.8 Å². The molecule has 0 aromatic rings. The van der Waals surface area contributed by atoms with Crippen LogP contribution in [0.15, 0.2) is 22.3 Å². The minimum absolute atomic E-state index is 0.691. The highest BCUT2D eigenvalue weighted by atomic mass is 14.3. The van der Waals surface area contributed by atoms with E-state index in [9.17, 15) is 0 Å². The van der Waals surface area contributed by atoms with Crippen molar-refractivity contribution in [3.63, 3.8) is 0 Å². The van der Waals surface area contributed by atoms with Crippen molar-refractivity contribution in [2.24, 2.45) is 11.8 Å². The van der Waals surface area contributed by atoms with Crippen LogP contribution in [0.2, 0.25) is 0 Å². The highest BCUT2D eigenvalue weighted by Gasteiger charge is 2.23. The van der Waals surface area contributed by atoms with E-state index in [1.807, 2.05) is 0 Å². The van der Waals surface area contributed by atoms with E-state index in [-0.39, 0.29) is 0 Å². The Morgan fingerprint density at radius 1 is 1.07 bits per heavy atom. The Labute approximate surface area is 89.1 Å². The summed E-state index contributed by atoms with van der Waals surface area (Å²) >= 11 is 0. The fourth-order valence-corrected chi connectivity index (χ4v) is 2.60. The molecule has 1 rings (SSSR count). The van der Waals surface area contributed by atoms with Gasteiger partial charge in [0.1, 0.15) is 0 Å². The van der Waals surface area contributed by atoms with Crippen LogP contribution >= 0.6 is 0 Å². The summed E-state index contributed by atoms with van der Waals surface area (Å²) in [5, 5.41) is 0. The second-order valence-electron chi connectivity index (χ2n) is 5.01. The zero-order valence-electron chi connectivity index (χ0n) is 10.6. The first-order valence-corrected chi connectivity index (χ1v) is 5.90. The average molecular weight is 192 g/mol. The van der Waals surface area contributed by atoms with Crippen LogP contribution in [0.1, 0.15) is 54.4 Å². The summed E-state index contributed by atoms with van der Waals surface area (Å²) < 4.78 is 0. The molecule has 0 heterocycles. The van der Waals surface area contributed by atoms with Gasteiger partial charge in [0.25, 0.3) is 0 Å². The van der Waals surface area contributed by atoms with E-state index in [0.29, 0.717) is 11.8 Å². The van der Waals surface area contributed by atoms with Gasteiger partial charge < -0.3 is 0 Å². The molecule has 0 N–H and O–H groups in total. The van der Waals surface area contributed by atoms with E-state index >= 15 is 0 Å². The zero-order valence-corrected chi connectivity index (χ0v) is 10.6. The average Bonchev–Trinajstić information content (AvgIpc) is 2.42. The minimum Gasteiger partial charge on any atom is -0.0632 e. The van der Waals surface area contributed by atoms with Crippen LogP contribution < -0.4 is 0 Å². The third kappa shape index (κ3) is 1.94. The van der Waals surface area contributed by atoms with Crippen LogP contribution in [0.25, 0.3) is 0 Å². The molecule has 0 atom stereocenters. The fraction of sp³-hybridized carbons (Fsp3) is 0.714. The summed E-state index contributed by atoms with van der Waals surface area (Å²) in [5.41, 5.74) is 6.59. The summed E-state index contributed by atoms with van der Waals surface area (Å²) in [7, 11) is 0. The standard InChI is InChI=1S/C14H24/c1-7-12-8-13(9(2)3)14(10(4)5)11(12)6/h9-10H,7-8H2,1-6H3. The van der Waals surface area contributed by atoms with E-state index in [4.69, 9.17) is 0 Å². The van der Waals surface area contributed by atoms with Gasteiger partial charge in [-0.25, -0.2) is 0 Å². The molecule has 0 radical (unpaired) electrons. The summed E-state index contributed by atoms with van der Waals surface area (Å²) in [6.07, 6.45) is 2.46. The normalized spacial score (nSPS) is 18.0. The first-order valence-electron chi connectivity index (χ1n) is 5.90. The SMILES string of the molecule is CCC1=C(C)C(C(C)C)=C(C(C)C)C1. The Bertz CT molecular complexity index is 274. The molecule has 0 aliphatic heterocycles. The number of hydrogen-bond donors (Lipinski definition) is 0. The molecule has 80 valence electrons. The number of allylic oxidation sites excluding steroid dienone is 4. The quantitative estimate of drug-likeness (QED) is 0.606. The largest absolute Gasteiger partial charge is 0.0632 e. The molecule has 0 heteroatoms. The highest BCUT2D eigenvalue weighted by Crippen LogP contribution is 2.40. The van der Waals surface area contributed by atoms with Gasteiger partial charge in [0.2, 0.25) is 0 Å². The Kier molecular flexibility index (Phi) is 3.58. The first-order chi connectivity index (χ1) is 6.49. The first kappa shape index (κ1) is 11.6. The van der Waals surface area contributed by atoms with Gasteiger partial charge in [-0.15, -0.1) is 0 Å². The monoisotopic (exact) mass is 192 g/mol. The number of rotatable bonds is 3. The van der Waals surface area contributed by atoms with Gasteiger partial charge in [-0.2, -0.15) is 0 Å². The van der Waals surface area contributed by atoms with Crippen LogP contribution in [0.5, 0.6) is 0 Å². The fourth-order valence-electron chi connectivity index (χ4n) is 2.60. The topological polar surface area (TPSA) is 0 Å². The lowest BCUT2D eigenvalue weighted by Crippen LogP contribution is -2.01. The zero-order chi connectivity index (χ0) is 10.9. The molecule has 0 saturated heterocycles. The Morgan fingerprint density at radius 3 is 1.93 bits per heavy atom. The molecule has 0 bridgehead atoms. The molecule has 1 aliphatic carbocycles. The second-order valence-corrected chi connectivity index (χ2v) is 5.01. The summed E-state index contributed by atoms with van der Waals surface area (Å²) in [5.74, 6) is 1.41. The molecule has 0 saturated carbocycles. The predicted octanol–water partition coefficient (Wildman–Crippen LogP) is 4.73. The van der Waals surface area contributed by atoms with Crippen LogP contribution in [0, 0.1) is 11.8 Å². The van der Waals surface area contributed by atoms with E-state index in [1.165, 1.54) is 12.8 Å².